The highest BCUT2D eigenvalue weighted by atomic mass is 15.2. The molecular formula is C18H23N. The van der Waals surface area contributed by atoms with Crippen molar-refractivity contribution < 1.29 is 0 Å². The van der Waals surface area contributed by atoms with Gasteiger partial charge in [0.25, 0.3) is 0 Å². The fraction of sp³-hybridized carbons (Fsp3) is 0.556. The minimum atomic E-state index is 0.712. The summed E-state index contributed by atoms with van der Waals surface area (Å²) in [6.45, 7) is 2.63. The molecule has 2 fully saturated rings. The molecule has 100 valence electrons. The zero-order valence-electron chi connectivity index (χ0n) is 11.6. The van der Waals surface area contributed by atoms with Crippen LogP contribution in [0.4, 0.5) is 0 Å². The van der Waals surface area contributed by atoms with Crippen LogP contribution in [0.25, 0.3) is 5.57 Å². The number of hydrogen-bond acceptors (Lipinski definition) is 1. The SMILES string of the molecule is C1=C(c2ccccc2)[C@@H](N2CCCC2)[C@H]2CC[C@H]1C2. The maximum absolute atomic E-state index is 2.77. The van der Waals surface area contributed by atoms with Crippen LogP contribution in [0.2, 0.25) is 0 Å². The predicted octanol–water partition coefficient (Wildman–Crippen LogP) is 3.96. The Bertz CT molecular complexity index is 470. The topological polar surface area (TPSA) is 3.24 Å². The molecule has 3 atom stereocenters. The van der Waals surface area contributed by atoms with Crippen LogP contribution in [0, 0.1) is 11.8 Å². The standard InChI is InChI=1S/C18H23N/c1-2-6-15(7-3-1)17-13-14-8-9-16(12-14)18(17)19-10-4-5-11-19/h1-3,6-7,13-14,16,18H,4-5,8-12H2/t14-,16-,18-/m0/s1. The van der Waals surface area contributed by atoms with Crippen molar-refractivity contribution in [2.45, 2.75) is 38.1 Å². The lowest BCUT2D eigenvalue weighted by molar-refractivity contribution is 0.217. The van der Waals surface area contributed by atoms with E-state index in [0.717, 1.165) is 11.8 Å². The summed E-state index contributed by atoms with van der Waals surface area (Å²) in [6, 6.07) is 11.8. The summed E-state index contributed by atoms with van der Waals surface area (Å²) in [4.78, 5) is 2.77. The van der Waals surface area contributed by atoms with Crippen molar-refractivity contribution in [3.63, 3.8) is 0 Å². The second-order valence-electron chi connectivity index (χ2n) is 6.51. The molecule has 2 aliphatic carbocycles. The van der Waals surface area contributed by atoms with E-state index in [1.807, 2.05) is 0 Å². The van der Waals surface area contributed by atoms with Gasteiger partial charge in [-0.25, -0.2) is 0 Å². The van der Waals surface area contributed by atoms with Gasteiger partial charge in [0.1, 0.15) is 0 Å². The van der Waals surface area contributed by atoms with Crippen molar-refractivity contribution in [3.8, 4) is 0 Å². The summed E-state index contributed by atoms with van der Waals surface area (Å²) >= 11 is 0. The molecular weight excluding hydrogens is 230 g/mol. The lowest BCUT2D eigenvalue weighted by Gasteiger charge is -2.37. The quantitative estimate of drug-likeness (QED) is 0.771. The van der Waals surface area contributed by atoms with Crippen LogP contribution < -0.4 is 0 Å². The minimum absolute atomic E-state index is 0.712. The third-order valence-electron chi connectivity index (χ3n) is 5.34. The first-order chi connectivity index (χ1) is 9.42. The van der Waals surface area contributed by atoms with E-state index in [1.165, 1.54) is 50.8 Å². The highest BCUT2D eigenvalue weighted by molar-refractivity contribution is 5.71. The fourth-order valence-electron chi connectivity index (χ4n) is 4.51. The van der Waals surface area contributed by atoms with Crippen LogP contribution in [-0.2, 0) is 0 Å². The molecule has 1 nitrogen and oxygen atoms in total. The molecule has 19 heavy (non-hydrogen) atoms. The largest absolute Gasteiger partial charge is 0.296 e. The van der Waals surface area contributed by atoms with Gasteiger partial charge in [0.05, 0.1) is 0 Å². The summed E-state index contributed by atoms with van der Waals surface area (Å²) in [6.07, 6.45) is 9.72. The molecule has 1 aliphatic heterocycles. The van der Waals surface area contributed by atoms with Gasteiger partial charge in [-0.1, -0.05) is 36.4 Å². The summed E-state index contributed by atoms with van der Waals surface area (Å²) < 4.78 is 0. The Labute approximate surface area is 116 Å². The van der Waals surface area contributed by atoms with E-state index in [4.69, 9.17) is 0 Å². The first kappa shape index (κ1) is 11.7. The molecule has 1 heterocycles. The number of benzene rings is 1. The monoisotopic (exact) mass is 253 g/mol. The number of allylic oxidation sites excluding steroid dienone is 1. The van der Waals surface area contributed by atoms with Crippen LogP contribution >= 0.6 is 0 Å². The Hall–Kier alpha value is -1.08. The molecule has 0 N–H and O–H groups in total. The molecule has 3 aliphatic rings. The molecule has 1 saturated carbocycles. The normalized spacial score (nSPS) is 34.5. The van der Waals surface area contributed by atoms with E-state index in [-0.39, 0.29) is 0 Å². The summed E-state index contributed by atoms with van der Waals surface area (Å²) in [5, 5.41) is 0. The third kappa shape index (κ3) is 2.04. The molecule has 0 aromatic heterocycles. The van der Waals surface area contributed by atoms with Crippen molar-refractivity contribution >= 4 is 5.57 Å². The van der Waals surface area contributed by atoms with E-state index in [2.05, 4.69) is 41.3 Å². The second kappa shape index (κ2) is 4.79. The zero-order chi connectivity index (χ0) is 12.7. The Morgan fingerprint density at radius 2 is 1.74 bits per heavy atom. The van der Waals surface area contributed by atoms with Gasteiger partial charge in [0.2, 0.25) is 0 Å². The molecule has 4 rings (SSSR count). The molecule has 0 amide bonds. The van der Waals surface area contributed by atoms with E-state index in [0.29, 0.717) is 6.04 Å². The van der Waals surface area contributed by atoms with Crippen LogP contribution in [0.5, 0.6) is 0 Å². The van der Waals surface area contributed by atoms with Gasteiger partial charge in [0, 0.05) is 6.04 Å². The molecule has 1 saturated heterocycles. The summed E-state index contributed by atoms with van der Waals surface area (Å²) in [7, 11) is 0. The predicted molar refractivity (Wildman–Crippen MR) is 79.8 cm³/mol. The third-order valence-corrected chi connectivity index (χ3v) is 5.34. The van der Waals surface area contributed by atoms with E-state index in [1.54, 1.807) is 5.57 Å². The Morgan fingerprint density at radius 3 is 2.53 bits per heavy atom. The van der Waals surface area contributed by atoms with Crippen molar-refractivity contribution in [3.05, 3.63) is 42.0 Å². The molecule has 1 heteroatoms. The van der Waals surface area contributed by atoms with Crippen molar-refractivity contribution in [2.75, 3.05) is 13.1 Å². The Morgan fingerprint density at radius 1 is 0.947 bits per heavy atom. The molecule has 0 unspecified atom stereocenters. The van der Waals surface area contributed by atoms with E-state index in [9.17, 15) is 0 Å². The molecule has 0 radical (unpaired) electrons. The highest BCUT2D eigenvalue weighted by Gasteiger charge is 2.40. The van der Waals surface area contributed by atoms with Crippen molar-refractivity contribution in [1.29, 1.82) is 0 Å². The Balaban J connectivity index is 1.72. The number of nitrogens with zero attached hydrogens (tertiary/aromatic N) is 1. The lowest BCUT2D eigenvalue weighted by atomic mass is 9.81. The zero-order valence-corrected chi connectivity index (χ0v) is 11.6. The number of rotatable bonds is 2. The van der Waals surface area contributed by atoms with E-state index < -0.39 is 0 Å². The summed E-state index contributed by atoms with van der Waals surface area (Å²) in [5.74, 6) is 1.78. The first-order valence-electron chi connectivity index (χ1n) is 7.93. The smallest absolute Gasteiger partial charge is 0.0379 e. The maximum atomic E-state index is 2.77. The second-order valence-corrected chi connectivity index (χ2v) is 6.51. The number of fused-ring (bicyclic) bond motifs is 2. The summed E-state index contributed by atoms with van der Waals surface area (Å²) in [5.41, 5.74) is 3.11. The highest BCUT2D eigenvalue weighted by Crippen LogP contribution is 2.46. The molecule has 0 spiro atoms. The average Bonchev–Trinajstić information content (AvgIpc) is 3.11. The van der Waals surface area contributed by atoms with Crippen LogP contribution in [-0.4, -0.2) is 24.0 Å². The minimum Gasteiger partial charge on any atom is -0.296 e. The van der Waals surface area contributed by atoms with Crippen LogP contribution in [0.1, 0.15) is 37.7 Å². The number of hydrogen-bond donors (Lipinski definition) is 0. The lowest BCUT2D eigenvalue weighted by Crippen LogP contribution is -2.40. The number of likely N-dealkylation sites (tertiary alicyclic amines) is 1. The molecule has 1 aromatic rings. The van der Waals surface area contributed by atoms with Crippen molar-refractivity contribution in [2.24, 2.45) is 11.8 Å². The van der Waals surface area contributed by atoms with Gasteiger partial charge in [-0.2, -0.15) is 0 Å². The van der Waals surface area contributed by atoms with Gasteiger partial charge < -0.3 is 0 Å². The van der Waals surface area contributed by atoms with Crippen molar-refractivity contribution in [1.82, 2.24) is 4.90 Å². The Kier molecular flexibility index (Phi) is 2.96. The first-order valence-corrected chi connectivity index (χ1v) is 7.93. The fourth-order valence-corrected chi connectivity index (χ4v) is 4.51. The average molecular weight is 253 g/mol. The van der Waals surface area contributed by atoms with Crippen LogP contribution in [0.3, 0.4) is 0 Å². The van der Waals surface area contributed by atoms with Gasteiger partial charge in [0.15, 0.2) is 0 Å². The van der Waals surface area contributed by atoms with Gasteiger partial charge in [-0.3, -0.25) is 4.90 Å². The van der Waals surface area contributed by atoms with Crippen LogP contribution in [0.15, 0.2) is 36.4 Å². The maximum Gasteiger partial charge on any atom is 0.0379 e. The van der Waals surface area contributed by atoms with Gasteiger partial charge in [-0.05, 0) is 68.2 Å². The van der Waals surface area contributed by atoms with E-state index >= 15 is 0 Å². The molecule has 2 bridgehead atoms. The van der Waals surface area contributed by atoms with Gasteiger partial charge >= 0.3 is 0 Å². The van der Waals surface area contributed by atoms with Gasteiger partial charge in [-0.15, -0.1) is 0 Å². The molecule has 1 aromatic carbocycles.